The van der Waals surface area contributed by atoms with Crippen molar-refractivity contribution in [2.24, 2.45) is 0 Å². The average molecular weight is 230 g/mol. The van der Waals surface area contributed by atoms with Gasteiger partial charge in [-0.15, -0.1) is 0 Å². The summed E-state index contributed by atoms with van der Waals surface area (Å²) in [6.45, 7) is 0.887. The van der Waals surface area contributed by atoms with Crippen LogP contribution in [0.15, 0.2) is 12.5 Å². The van der Waals surface area contributed by atoms with Gasteiger partial charge in [0.05, 0.1) is 6.33 Å². The van der Waals surface area contributed by atoms with Crippen LogP contribution in [0.5, 0.6) is 0 Å². The molecule has 0 saturated carbocycles. The topological polar surface area (TPSA) is 52.7 Å². The van der Waals surface area contributed by atoms with Gasteiger partial charge in [0.15, 0.2) is 5.11 Å². The molecule has 1 heterocycles. The molecule has 0 unspecified atom stereocenters. The van der Waals surface area contributed by atoms with E-state index in [9.17, 15) is 0 Å². The summed E-state index contributed by atoms with van der Waals surface area (Å²) in [6, 6.07) is 0. The van der Waals surface area contributed by atoms with Gasteiger partial charge in [0.25, 0.3) is 0 Å². The third-order valence-corrected chi connectivity index (χ3v) is 2.93. The number of imidazole rings is 1. The third-order valence-electron chi connectivity index (χ3n) is 1.57. The lowest BCUT2D eigenvalue weighted by molar-refractivity contribution is 0.942. The second-order valence-electron chi connectivity index (χ2n) is 2.64. The number of nitrogens with one attached hydrogen (secondary N) is 3. The number of aromatic amines is 1. The minimum absolute atomic E-state index is 0.701. The number of hydrogen-bond donors (Lipinski definition) is 3. The fraction of sp³-hybridized carbons (Fsp3) is 0.500. The molecule has 6 heteroatoms. The maximum absolute atomic E-state index is 4.94. The minimum Gasteiger partial charge on any atom is -0.366 e. The summed E-state index contributed by atoms with van der Waals surface area (Å²) in [7, 11) is 1.81. The van der Waals surface area contributed by atoms with E-state index < -0.39 is 0 Å². The number of nitrogens with zero attached hydrogens (tertiary/aromatic N) is 1. The normalized spacial score (nSPS) is 9.79. The van der Waals surface area contributed by atoms with Crippen molar-refractivity contribution in [3.05, 3.63) is 18.2 Å². The first kappa shape index (κ1) is 11.3. The second kappa shape index (κ2) is 6.67. The van der Waals surface area contributed by atoms with E-state index in [4.69, 9.17) is 12.2 Å². The van der Waals surface area contributed by atoms with E-state index in [1.54, 1.807) is 6.33 Å². The van der Waals surface area contributed by atoms with Gasteiger partial charge in [-0.1, -0.05) is 0 Å². The van der Waals surface area contributed by atoms with Crippen LogP contribution in [-0.4, -0.2) is 34.4 Å². The molecule has 0 spiro atoms. The summed E-state index contributed by atoms with van der Waals surface area (Å²) in [6.07, 6.45) is 3.54. The largest absolute Gasteiger partial charge is 0.366 e. The summed E-state index contributed by atoms with van der Waals surface area (Å²) in [5, 5.41) is 6.65. The van der Waals surface area contributed by atoms with Crippen molar-refractivity contribution >= 4 is 29.1 Å². The maximum Gasteiger partial charge on any atom is 0.166 e. The molecule has 0 saturated heterocycles. The summed E-state index contributed by atoms with van der Waals surface area (Å²) in [5.41, 5.74) is 1.16. The van der Waals surface area contributed by atoms with Gasteiger partial charge in [-0.2, -0.15) is 11.8 Å². The molecule has 0 aromatic carbocycles. The zero-order valence-corrected chi connectivity index (χ0v) is 9.67. The van der Waals surface area contributed by atoms with Crippen LogP contribution < -0.4 is 10.6 Å². The van der Waals surface area contributed by atoms with Crippen LogP contribution in [0.1, 0.15) is 5.69 Å². The lowest BCUT2D eigenvalue weighted by atomic mass is 10.6. The molecule has 4 nitrogen and oxygen atoms in total. The molecular weight excluding hydrogens is 216 g/mol. The molecule has 3 N–H and O–H groups in total. The quantitative estimate of drug-likeness (QED) is 0.514. The fourth-order valence-corrected chi connectivity index (χ4v) is 1.74. The number of hydrogen-bond acceptors (Lipinski definition) is 3. The van der Waals surface area contributed by atoms with Crippen molar-refractivity contribution < 1.29 is 0 Å². The van der Waals surface area contributed by atoms with E-state index in [0.29, 0.717) is 5.11 Å². The highest BCUT2D eigenvalue weighted by Crippen LogP contribution is 2.07. The van der Waals surface area contributed by atoms with Gasteiger partial charge < -0.3 is 15.6 Å². The predicted octanol–water partition coefficient (Wildman–Crippen LogP) is 0.737. The van der Waals surface area contributed by atoms with Gasteiger partial charge in [-0.05, 0) is 12.2 Å². The van der Waals surface area contributed by atoms with Crippen molar-refractivity contribution in [1.29, 1.82) is 0 Å². The number of rotatable bonds is 5. The molecule has 1 aromatic heterocycles. The zero-order chi connectivity index (χ0) is 10.2. The molecule has 0 aliphatic rings. The van der Waals surface area contributed by atoms with Gasteiger partial charge in [0.2, 0.25) is 0 Å². The lowest BCUT2D eigenvalue weighted by Gasteiger charge is -2.05. The number of H-pyrrole nitrogens is 1. The Kier molecular flexibility index (Phi) is 5.39. The fourth-order valence-electron chi connectivity index (χ4n) is 0.871. The molecule has 0 fully saturated rings. The lowest BCUT2D eigenvalue weighted by Crippen LogP contribution is -2.33. The van der Waals surface area contributed by atoms with Gasteiger partial charge in [-0.3, -0.25) is 0 Å². The Morgan fingerprint density at radius 3 is 3.21 bits per heavy atom. The molecule has 0 radical (unpaired) electrons. The van der Waals surface area contributed by atoms with Crippen LogP contribution in [0.25, 0.3) is 0 Å². The highest BCUT2D eigenvalue weighted by Gasteiger charge is 1.94. The molecule has 0 aliphatic carbocycles. The van der Waals surface area contributed by atoms with E-state index in [2.05, 4.69) is 20.6 Å². The van der Waals surface area contributed by atoms with E-state index >= 15 is 0 Å². The Balaban J connectivity index is 1.97. The first-order valence-electron chi connectivity index (χ1n) is 4.33. The predicted molar refractivity (Wildman–Crippen MR) is 64.4 cm³/mol. The molecule has 0 atom stereocenters. The van der Waals surface area contributed by atoms with Crippen LogP contribution in [0, 0.1) is 0 Å². The van der Waals surface area contributed by atoms with Crippen molar-refractivity contribution in [2.45, 2.75) is 5.75 Å². The molecule has 1 aromatic rings. The Morgan fingerprint density at radius 2 is 2.57 bits per heavy atom. The van der Waals surface area contributed by atoms with Gasteiger partial charge in [-0.25, -0.2) is 4.98 Å². The van der Waals surface area contributed by atoms with Crippen molar-refractivity contribution in [3.63, 3.8) is 0 Å². The highest BCUT2D eigenvalue weighted by atomic mass is 32.2. The number of thiocarbonyl (C=S) groups is 1. The molecule has 78 valence electrons. The van der Waals surface area contributed by atoms with Crippen LogP contribution in [0.3, 0.4) is 0 Å². The molecular formula is C8H14N4S2. The third kappa shape index (κ3) is 4.48. The van der Waals surface area contributed by atoms with E-state index in [-0.39, 0.29) is 0 Å². The van der Waals surface area contributed by atoms with Crippen LogP contribution in [0.4, 0.5) is 0 Å². The summed E-state index contributed by atoms with van der Waals surface area (Å²) in [4.78, 5) is 7.00. The SMILES string of the molecule is CNC(=S)NCCSCc1cnc[nH]1. The van der Waals surface area contributed by atoms with Crippen LogP contribution >= 0.6 is 24.0 Å². The summed E-state index contributed by atoms with van der Waals surface area (Å²) >= 11 is 6.78. The number of aromatic nitrogens is 2. The second-order valence-corrected chi connectivity index (χ2v) is 4.15. The van der Waals surface area contributed by atoms with E-state index in [1.165, 1.54) is 0 Å². The highest BCUT2D eigenvalue weighted by molar-refractivity contribution is 7.98. The first-order valence-corrected chi connectivity index (χ1v) is 5.90. The van der Waals surface area contributed by atoms with Gasteiger partial charge in [0, 0.05) is 37.0 Å². The molecule has 0 aliphatic heterocycles. The maximum atomic E-state index is 4.94. The van der Waals surface area contributed by atoms with Crippen molar-refractivity contribution in [3.8, 4) is 0 Å². The van der Waals surface area contributed by atoms with E-state index in [0.717, 1.165) is 23.7 Å². The number of thioether (sulfide) groups is 1. The smallest absolute Gasteiger partial charge is 0.166 e. The van der Waals surface area contributed by atoms with Crippen LogP contribution in [0.2, 0.25) is 0 Å². The van der Waals surface area contributed by atoms with Gasteiger partial charge >= 0.3 is 0 Å². The first-order chi connectivity index (χ1) is 6.83. The van der Waals surface area contributed by atoms with Crippen LogP contribution in [-0.2, 0) is 5.75 Å². The standard InChI is InChI=1S/C8H14N4S2/c1-9-8(13)11-2-3-14-5-7-4-10-6-12-7/h4,6H,2-3,5H2,1H3,(H,10,12)(H2,9,11,13). The Morgan fingerprint density at radius 1 is 1.71 bits per heavy atom. The molecule has 1 rings (SSSR count). The monoisotopic (exact) mass is 230 g/mol. The minimum atomic E-state index is 0.701. The van der Waals surface area contributed by atoms with Gasteiger partial charge in [0.1, 0.15) is 0 Å². The zero-order valence-electron chi connectivity index (χ0n) is 8.04. The van der Waals surface area contributed by atoms with Crippen molar-refractivity contribution in [2.75, 3.05) is 19.3 Å². The molecule has 0 bridgehead atoms. The summed E-state index contributed by atoms with van der Waals surface area (Å²) < 4.78 is 0. The van der Waals surface area contributed by atoms with E-state index in [1.807, 2.05) is 25.0 Å². The summed E-state index contributed by atoms with van der Waals surface area (Å²) in [5.74, 6) is 1.99. The van der Waals surface area contributed by atoms with Crippen molar-refractivity contribution in [1.82, 2.24) is 20.6 Å². The average Bonchev–Trinajstić information content (AvgIpc) is 2.69. The Hall–Kier alpha value is -0.750. The molecule has 0 amide bonds. The Bertz CT molecular complexity index is 260. The molecule has 14 heavy (non-hydrogen) atoms. The Labute approximate surface area is 93.3 Å².